The Balaban J connectivity index is 1.27. The lowest BCUT2D eigenvalue weighted by Gasteiger charge is -2.35. The summed E-state index contributed by atoms with van der Waals surface area (Å²) in [6.07, 6.45) is 19.1. The Morgan fingerprint density at radius 2 is 1.34 bits per heavy atom. The van der Waals surface area contributed by atoms with Gasteiger partial charge in [0, 0.05) is 34.7 Å². The van der Waals surface area contributed by atoms with Crippen molar-refractivity contribution in [2.45, 2.75) is 13.3 Å². The van der Waals surface area contributed by atoms with Gasteiger partial charge in [-0.15, -0.1) is 0 Å². The highest BCUT2D eigenvalue weighted by Crippen LogP contribution is 2.47. The molecule has 0 aliphatic heterocycles. The molecule has 2 aromatic heterocycles. The van der Waals surface area contributed by atoms with Crippen LogP contribution in [0.15, 0.2) is 163 Å². The van der Waals surface area contributed by atoms with E-state index in [0.717, 1.165) is 46.0 Å². The van der Waals surface area contributed by atoms with Gasteiger partial charge in [0.2, 0.25) is 0 Å². The molecule has 4 aromatic carbocycles. The van der Waals surface area contributed by atoms with Crippen molar-refractivity contribution in [3.63, 3.8) is 0 Å². The van der Waals surface area contributed by atoms with E-state index >= 15 is 0 Å². The van der Waals surface area contributed by atoms with Crippen LogP contribution in [0.2, 0.25) is 0 Å². The van der Waals surface area contributed by atoms with Gasteiger partial charge in [-0.3, -0.25) is 4.98 Å². The minimum atomic E-state index is 0.215. The molecule has 9 rings (SSSR count). The molecule has 0 saturated carbocycles. The van der Waals surface area contributed by atoms with Crippen LogP contribution < -0.4 is 0 Å². The molecule has 0 spiro atoms. The van der Waals surface area contributed by atoms with E-state index < -0.39 is 0 Å². The maximum Gasteiger partial charge on any atom is 0.160 e. The second kappa shape index (κ2) is 11.3. The number of aromatic nitrogens is 3. The summed E-state index contributed by atoms with van der Waals surface area (Å²) in [5, 5.41) is 4.89. The van der Waals surface area contributed by atoms with Gasteiger partial charge in [-0.25, -0.2) is 9.97 Å². The Hall–Kier alpha value is -5.67. The maximum absolute atomic E-state index is 5.35. The molecule has 0 fully saturated rings. The zero-order valence-electron chi connectivity index (χ0n) is 26.2. The average molecular weight is 604 g/mol. The van der Waals surface area contributed by atoms with Gasteiger partial charge in [-0.05, 0) is 74.9 Å². The van der Waals surface area contributed by atoms with Crippen LogP contribution in [0.4, 0.5) is 0 Å². The van der Waals surface area contributed by atoms with E-state index in [9.17, 15) is 0 Å². The quantitative estimate of drug-likeness (QED) is 0.188. The molecule has 0 radical (unpaired) electrons. The zero-order chi connectivity index (χ0) is 31.3. The Labute approximate surface area is 275 Å². The van der Waals surface area contributed by atoms with Gasteiger partial charge >= 0.3 is 0 Å². The van der Waals surface area contributed by atoms with Crippen LogP contribution in [0.25, 0.3) is 61.0 Å². The molecule has 224 valence electrons. The third kappa shape index (κ3) is 4.87. The highest BCUT2D eigenvalue weighted by Gasteiger charge is 2.33. The van der Waals surface area contributed by atoms with E-state index in [0.29, 0.717) is 11.8 Å². The standard InChI is InChI=1S/C44H33N3/c1-28-17-22-34-32(24-28)26-40(38-15-7-5-13-36(34)38)43-27-42(39-25-31-10-2-3-11-33(31)35-12-4-6-14-37(35)39)46-44(47-43)30-20-18-29(19-21-30)41-16-8-9-23-45-41/h2-23,25-28,36,38H,24H2,1H3. The second-order valence-corrected chi connectivity index (χ2v) is 12.9. The third-order valence-electron chi connectivity index (χ3n) is 9.87. The molecule has 0 saturated heterocycles. The Morgan fingerprint density at radius 3 is 2.17 bits per heavy atom. The number of hydrogen-bond acceptors (Lipinski definition) is 3. The van der Waals surface area contributed by atoms with Crippen LogP contribution in [-0.2, 0) is 0 Å². The minimum Gasteiger partial charge on any atom is -0.256 e. The summed E-state index contributed by atoms with van der Waals surface area (Å²) in [6, 6.07) is 36.4. The summed E-state index contributed by atoms with van der Waals surface area (Å²) in [5.41, 5.74) is 10.2. The fourth-order valence-electron chi connectivity index (χ4n) is 7.56. The second-order valence-electron chi connectivity index (χ2n) is 12.9. The van der Waals surface area contributed by atoms with Crippen molar-refractivity contribution in [1.82, 2.24) is 15.0 Å². The number of allylic oxidation sites excluding steroid dienone is 10. The SMILES string of the molecule is CC1C=CC2=C(C=C(c3cc(-c4cc5ccccc5c5ccccc45)nc(-c4ccc(-c5ccccn5)cc4)n3)C3C=CC=CC23)C1. The zero-order valence-corrected chi connectivity index (χ0v) is 26.2. The molecule has 3 atom stereocenters. The summed E-state index contributed by atoms with van der Waals surface area (Å²) < 4.78 is 0. The average Bonchev–Trinajstić information content (AvgIpc) is 3.14. The van der Waals surface area contributed by atoms with Crippen LogP contribution in [0.3, 0.4) is 0 Å². The number of nitrogens with zero attached hydrogens (tertiary/aromatic N) is 3. The lowest BCUT2D eigenvalue weighted by Crippen LogP contribution is -2.23. The normalized spacial score (nSPS) is 19.9. The first kappa shape index (κ1) is 27.6. The molecular formula is C44H33N3. The van der Waals surface area contributed by atoms with E-state index in [1.165, 1.54) is 38.3 Å². The highest BCUT2D eigenvalue weighted by molar-refractivity contribution is 6.13. The molecular weight excluding hydrogens is 571 g/mol. The number of hydrogen-bond donors (Lipinski definition) is 0. The molecule has 3 aliphatic carbocycles. The summed E-state index contributed by atoms with van der Waals surface area (Å²) in [5.74, 6) is 1.77. The van der Waals surface area contributed by atoms with Gasteiger partial charge in [-0.2, -0.15) is 0 Å². The molecule has 2 heterocycles. The minimum absolute atomic E-state index is 0.215. The Morgan fingerprint density at radius 1 is 0.617 bits per heavy atom. The van der Waals surface area contributed by atoms with E-state index in [-0.39, 0.29) is 5.92 Å². The smallest absolute Gasteiger partial charge is 0.160 e. The highest BCUT2D eigenvalue weighted by atomic mass is 14.9. The van der Waals surface area contributed by atoms with Gasteiger partial charge < -0.3 is 0 Å². The fraction of sp³-hybridized carbons (Fsp3) is 0.114. The van der Waals surface area contributed by atoms with Crippen molar-refractivity contribution >= 4 is 27.1 Å². The maximum atomic E-state index is 5.35. The first-order chi connectivity index (χ1) is 23.2. The molecule has 3 unspecified atom stereocenters. The summed E-state index contributed by atoms with van der Waals surface area (Å²) in [4.78, 5) is 15.2. The fourth-order valence-corrected chi connectivity index (χ4v) is 7.56. The predicted molar refractivity (Wildman–Crippen MR) is 194 cm³/mol. The van der Waals surface area contributed by atoms with Crippen LogP contribution in [0.5, 0.6) is 0 Å². The molecule has 47 heavy (non-hydrogen) atoms. The number of benzene rings is 4. The Bertz CT molecular complexity index is 2340. The van der Waals surface area contributed by atoms with Crippen molar-refractivity contribution in [2.24, 2.45) is 17.8 Å². The van der Waals surface area contributed by atoms with Gasteiger partial charge in [0.1, 0.15) is 0 Å². The summed E-state index contributed by atoms with van der Waals surface area (Å²) in [6.45, 7) is 2.30. The van der Waals surface area contributed by atoms with E-state index in [1.807, 2.05) is 24.4 Å². The first-order valence-corrected chi connectivity index (χ1v) is 16.5. The molecule has 0 amide bonds. The van der Waals surface area contributed by atoms with Gasteiger partial charge in [-0.1, -0.05) is 128 Å². The molecule has 3 aliphatic rings. The third-order valence-corrected chi connectivity index (χ3v) is 9.87. The van der Waals surface area contributed by atoms with E-state index in [1.54, 1.807) is 0 Å². The molecule has 0 bridgehead atoms. The largest absolute Gasteiger partial charge is 0.256 e. The van der Waals surface area contributed by atoms with Gasteiger partial charge in [0.25, 0.3) is 0 Å². The topological polar surface area (TPSA) is 38.7 Å². The predicted octanol–water partition coefficient (Wildman–Crippen LogP) is 10.8. The summed E-state index contributed by atoms with van der Waals surface area (Å²) in [7, 11) is 0. The van der Waals surface area contributed by atoms with E-state index in [4.69, 9.17) is 9.97 Å². The Kier molecular flexibility index (Phi) is 6.64. The van der Waals surface area contributed by atoms with Crippen molar-refractivity contribution in [3.05, 3.63) is 169 Å². The molecule has 6 aromatic rings. The van der Waals surface area contributed by atoms with Crippen molar-refractivity contribution in [3.8, 4) is 33.9 Å². The van der Waals surface area contributed by atoms with Crippen LogP contribution >= 0.6 is 0 Å². The number of pyridine rings is 1. The van der Waals surface area contributed by atoms with Crippen molar-refractivity contribution in [1.29, 1.82) is 0 Å². The van der Waals surface area contributed by atoms with Crippen molar-refractivity contribution in [2.75, 3.05) is 0 Å². The summed E-state index contributed by atoms with van der Waals surface area (Å²) >= 11 is 0. The van der Waals surface area contributed by atoms with Crippen LogP contribution in [0.1, 0.15) is 19.0 Å². The molecule has 3 heteroatoms. The monoisotopic (exact) mass is 603 g/mol. The van der Waals surface area contributed by atoms with Crippen LogP contribution in [0, 0.1) is 17.8 Å². The lowest BCUT2D eigenvalue weighted by atomic mass is 9.69. The van der Waals surface area contributed by atoms with Gasteiger partial charge in [0.05, 0.1) is 17.1 Å². The van der Waals surface area contributed by atoms with Crippen LogP contribution in [-0.4, -0.2) is 15.0 Å². The first-order valence-electron chi connectivity index (χ1n) is 16.5. The lowest BCUT2D eigenvalue weighted by molar-refractivity contribution is 0.611. The van der Waals surface area contributed by atoms with E-state index in [2.05, 4.69) is 139 Å². The molecule has 3 nitrogen and oxygen atoms in total. The number of fused-ring (bicyclic) bond motifs is 5. The van der Waals surface area contributed by atoms with Crippen molar-refractivity contribution < 1.29 is 0 Å². The number of rotatable bonds is 4. The van der Waals surface area contributed by atoms with Gasteiger partial charge in [0.15, 0.2) is 5.82 Å². The molecule has 0 N–H and O–H groups in total.